The van der Waals surface area contributed by atoms with Crippen LogP contribution in [0.3, 0.4) is 0 Å². The lowest BCUT2D eigenvalue weighted by Crippen LogP contribution is -2.44. The fraction of sp³-hybridized carbons (Fsp3) is 0.500. The van der Waals surface area contributed by atoms with Crippen molar-refractivity contribution in [3.8, 4) is 0 Å². The monoisotopic (exact) mass is 333 g/mol. The predicted octanol–water partition coefficient (Wildman–Crippen LogP) is 3.89. The molecule has 5 heteroatoms. The van der Waals surface area contributed by atoms with Crippen LogP contribution in [0.1, 0.15) is 37.6 Å². The van der Waals surface area contributed by atoms with Crippen LogP contribution in [0.4, 0.5) is 8.78 Å². The minimum absolute atomic E-state index is 0.168. The number of hydrogen-bond acceptors (Lipinski definition) is 1. The van der Waals surface area contributed by atoms with E-state index >= 15 is 0 Å². The third kappa shape index (κ3) is 4.27. The van der Waals surface area contributed by atoms with Crippen LogP contribution >= 0.6 is 15.9 Å². The zero-order chi connectivity index (χ0) is 14.6. The van der Waals surface area contributed by atoms with Crippen LogP contribution in [0.2, 0.25) is 0 Å². The molecule has 0 saturated carbocycles. The van der Waals surface area contributed by atoms with Crippen molar-refractivity contribution in [3.63, 3.8) is 0 Å². The van der Waals surface area contributed by atoms with Gasteiger partial charge in [0.25, 0.3) is 5.91 Å². The van der Waals surface area contributed by atoms with E-state index in [2.05, 4.69) is 21.2 Å². The molecular formula is C14H18BrF2NO. The Hall–Kier alpha value is -0.970. The maximum atomic E-state index is 13.5. The van der Waals surface area contributed by atoms with Gasteiger partial charge in [-0.3, -0.25) is 4.79 Å². The minimum atomic E-state index is -0.844. The van der Waals surface area contributed by atoms with Gasteiger partial charge in [0.05, 0.1) is 0 Å². The Kier molecular flexibility index (Phi) is 5.47. The summed E-state index contributed by atoms with van der Waals surface area (Å²) in [7, 11) is 0. The molecule has 0 saturated heterocycles. The lowest BCUT2D eigenvalue weighted by molar-refractivity contribution is 0.0892. The third-order valence-corrected chi connectivity index (χ3v) is 3.40. The van der Waals surface area contributed by atoms with E-state index in [9.17, 15) is 13.6 Å². The van der Waals surface area contributed by atoms with Crippen molar-refractivity contribution in [2.75, 3.05) is 5.33 Å². The van der Waals surface area contributed by atoms with Crippen LogP contribution < -0.4 is 5.32 Å². The Bertz CT molecular complexity index is 437. The van der Waals surface area contributed by atoms with E-state index in [-0.39, 0.29) is 11.5 Å². The van der Waals surface area contributed by atoms with Crippen LogP contribution in [0, 0.1) is 17.0 Å². The molecule has 0 bridgehead atoms. The van der Waals surface area contributed by atoms with Gasteiger partial charge in [0.15, 0.2) is 0 Å². The van der Waals surface area contributed by atoms with Gasteiger partial charge in [0.2, 0.25) is 0 Å². The molecule has 0 heterocycles. The number of carbonyl (C=O) groups excluding carboxylic acids is 1. The Morgan fingerprint density at radius 1 is 1.32 bits per heavy atom. The Balaban J connectivity index is 2.95. The van der Waals surface area contributed by atoms with Crippen LogP contribution in [0.25, 0.3) is 0 Å². The molecule has 2 nitrogen and oxygen atoms in total. The normalized spacial score (nSPS) is 13.2. The number of hydrogen-bond donors (Lipinski definition) is 1. The fourth-order valence-corrected chi connectivity index (χ4v) is 2.23. The molecule has 0 aliphatic carbocycles. The summed E-state index contributed by atoms with van der Waals surface area (Å²) in [6.45, 7) is 5.91. The van der Waals surface area contributed by atoms with E-state index in [0.29, 0.717) is 11.8 Å². The van der Waals surface area contributed by atoms with Crippen molar-refractivity contribution >= 4 is 21.8 Å². The molecule has 0 aliphatic rings. The van der Waals surface area contributed by atoms with Gasteiger partial charge in [-0.15, -0.1) is 0 Å². The number of carbonyl (C=O) groups is 1. The van der Waals surface area contributed by atoms with Gasteiger partial charge < -0.3 is 5.32 Å². The number of halogens is 3. The molecule has 1 aromatic rings. The fourth-order valence-electron chi connectivity index (χ4n) is 1.78. The quantitative estimate of drug-likeness (QED) is 0.832. The summed E-state index contributed by atoms with van der Waals surface area (Å²) in [6, 6.07) is 3.23. The second-order valence-electron chi connectivity index (χ2n) is 5.47. The van der Waals surface area contributed by atoms with Crippen molar-refractivity contribution in [3.05, 3.63) is 35.4 Å². The third-order valence-electron chi connectivity index (χ3n) is 2.94. The lowest BCUT2D eigenvalue weighted by atomic mass is 9.85. The highest BCUT2D eigenvalue weighted by atomic mass is 79.9. The van der Waals surface area contributed by atoms with Crippen molar-refractivity contribution in [2.24, 2.45) is 5.41 Å². The molecule has 0 fully saturated rings. The minimum Gasteiger partial charge on any atom is -0.349 e. The van der Waals surface area contributed by atoms with E-state index in [1.807, 2.05) is 20.8 Å². The SMILES string of the molecule is CC(C)(C)C(CCBr)NC(=O)c1c(F)cccc1F. The van der Waals surface area contributed by atoms with Crippen molar-refractivity contribution in [2.45, 2.75) is 33.2 Å². The number of alkyl halides is 1. The summed E-state index contributed by atoms with van der Waals surface area (Å²) in [6.07, 6.45) is 0.686. The summed E-state index contributed by atoms with van der Waals surface area (Å²) in [5.74, 6) is -2.40. The smallest absolute Gasteiger partial charge is 0.257 e. The summed E-state index contributed by atoms with van der Waals surface area (Å²) in [4.78, 5) is 12.0. The van der Waals surface area contributed by atoms with Crippen molar-refractivity contribution in [1.29, 1.82) is 0 Å². The Morgan fingerprint density at radius 3 is 2.26 bits per heavy atom. The highest BCUT2D eigenvalue weighted by Crippen LogP contribution is 2.23. The topological polar surface area (TPSA) is 29.1 Å². The van der Waals surface area contributed by atoms with Gasteiger partial charge >= 0.3 is 0 Å². The first-order valence-corrected chi connectivity index (χ1v) is 7.20. The number of rotatable bonds is 4. The predicted molar refractivity (Wildman–Crippen MR) is 75.5 cm³/mol. The number of benzene rings is 1. The molecule has 1 N–H and O–H groups in total. The van der Waals surface area contributed by atoms with Crippen molar-refractivity contribution in [1.82, 2.24) is 5.32 Å². The highest BCUT2D eigenvalue weighted by Gasteiger charge is 2.27. The molecule has 0 radical (unpaired) electrons. The van der Waals surface area contributed by atoms with E-state index in [0.717, 1.165) is 12.1 Å². The van der Waals surface area contributed by atoms with E-state index < -0.39 is 23.1 Å². The Labute approximate surface area is 120 Å². The van der Waals surface area contributed by atoms with Crippen LogP contribution in [-0.4, -0.2) is 17.3 Å². The molecule has 1 rings (SSSR count). The molecule has 19 heavy (non-hydrogen) atoms. The highest BCUT2D eigenvalue weighted by molar-refractivity contribution is 9.09. The van der Waals surface area contributed by atoms with Crippen molar-refractivity contribution < 1.29 is 13.6 Å². The van der Waals surface area contributed by atoms with Gasteiger partial charge in [0.1, 0.15) is 17.2 Å². The van der Waals surface area contributed by atoms with E-state index in [1.54, 1.807) is 0 Å². The van der Waals surface area contributed by atoms with Gasteiger partial charge in [-0.1, -0.05) is 42.8 Å². The molecule has 1 atom stereocenters. The molecular weight excluding hydrogens is 316 g/mol. The van der Waals surface area contributed by atoms with E-state index in [1.165, 1.54) is 6.07 Å². The summed E-state index contributed by atoms with van der Waals surface area (Å²) in [5, 5.41) is 3.41. The average Bonchev–Trinajstić information content (AvgIpc) is 2.27. The standard InChI is InChI=1S/C14H18BrF2NO/c1-14(2,3)11(7-8-15)18-13(19)12-9(16)5-4-6-10(12)17/h4-6,11H,7-8H2,1-3H3,(H,18,19). The van der Waals surface area contributed by atoms with Gasteiger partial charge in [0, 0.05) is 11.4 Å². The number of amides is 1. The van der Waals surface area contributed by atoms with Crippen LogP contribution in [0.5, 0.6) is 0 Å². The zero-order valence-corrected chi connectivity index (χ0v) is 12.9. The average molecular weight is 334 g/mol. The van der Waals surface area contributed by atoms with Gasteiger partial charge in [-0.25, -0.2) is 8.78 Å². The second kappa shape index (κ2) is 6.46. The molecule has 106 valence electrons. The van der Waals surface area contributed by atoms with E-state index in [4.69, 9.17) is 0 Å². The van der Waals surface area contributed by atoms with Gasteiger partial charge in [-0.2, -0.15) is 0 Å². The van der Waals surface area contributed by atoms with Crippen LogP contribution in [-0.2, 0) is 0 Å². The summed E-state index contributed by atoms with van der Waals surface area (Å²) >= 11 is 3.32. The maximum Gasteiger partial charge on any atom is 0.257 e. The molecule has 1 unspecified atom stereocenters. The molecule has 0 aliphatic heterocycles. The second-order valence-corrected chi connectivity index (χ2v) is 6.26. The lowest BCUT2D eigenvalue weighted by Gasteiger charge is -2.31. The van der Waals surface area contributed by atoms with Crippen LogP contribution in [0.15, 0.2) is 18.2 Å². The zero-order valence-electron chi connectivity index (χ0n) is 11.3. The van der Waals surface area contributed by atoms with Gasteiger partial charge in [-0.05, 0) is 24.0 Å². The summed E-state index contributed by atoms with van der Waals surface area (Å²) in [5.41, 5.74) is -0.711. The largest absolute Gasteiger partial charge is 0.349 e. The first kappa shape index (κ1) is 16.1. The molecule has 0 aromatic heterocycles. The molecule has 1 aromatic carbocycles. The number of nitrogens with one attached hydrogen (secondary N) is 1. The first-order chi connectivity index (χ1) is 8.77. The molecule has 1 amide bonds. The Morgan fingerprint density at radius 2 is 1.84 bits per heavy atom. The maximum absolute atomic E-state index is 13.5. The first-order valence-electron chi connectivity index (χ1n) is 6.08. The molecule has 0 spiro atoms. The summed E-state index contributed by atoms with van der Waals surface area (Å²) < 4.78 is 27.0.